The number of aromatic nitrogens is 2. The maximum Gasteiger partial charge on any atom is 0.416 e. The minimum absolute atomic E-state index is 0.0230. The predicted molar refractivity (Wildman–Crippen MR) is 96.9 cm³/mol. The Morgan fingerprint density at radius 1 is 1.21 bits per heavy atom. The maximum absolute atomic E-state index is 13.1. The van der Waals surface area contributed by atoms with E-state index in [1.165, 1.54) is 26.2 Å². The van der Waals surface area contributed by atoms with Gasteiger partial charge >= 0.3 is 11.9 Å². The van der Waals surface area contributed by atoms with Crippen molar-refractivity contribution in [2.45, 2.75) is 39.4 Å². The highest BCUT2D eigenvalue weighted by Crippen LogP contribution is 2.30. The Labute approximate surface area is 159 Å². The van der Waals surface area contributed by atoms with Gasteiger partial charge in [-0.1, -0.05) is 6.07 Å². The first-order valence-corrected chi connectivity index (χ1v) is 8.65. The molecule has 1 aromatic heterocycles. The average molecular weight is 398 g/mol. The molecular weight excluding hydrogens is 377 g/mol. The molecule has 0 amide bonds. The van der Waals surface area contributed by atoms with Gasteiger partial charge in [-0.2, -0.15) is 13.2 Å². The van der Waals surface area contributed by atoms with Crippen molar-refractivity contribution in [2.75, 3.05) is 13.7 Å². The lowest BCUT2D eigenvalue weighted by molar-refractivity contribution is -0.137. The normalized spacial score (nSPS) is 11.6. The van der Waals surface area contributed by atoms with E-state index >= 15 is 0 Å². The first-order chi connectivity index (χ1) is 13.1. The van der Waals surface area contributed by atoms with Gasteiger partial charge in [-0.05, 0) is 32.0 Å². The molecule has 0 atom stereocenters. The second-order valence-electron chi connectivity index (χ2n) is 6.24. The van der Waals surface area contributed by atoms with E-state index < -0.39 is 23.0 Å². The number of hydrogen-bond acceptors (Lipinski definition) is 4. The minimum Gasteiger partial charge on any atom is -0.384 e. The molecule has 0 bridgehead atoms. The summed E-state index contributed by atoms with van der Waals surface area (Å²) in [6.07, 6.45) is -4.72. The zero-order chi connectivity index (χ0) is 21.1. The summed E-state index contributed by atoms with van der Waals surface area (Å²) in [5.74, 6) is -0.265. The van der Waals surface area contributed by atoms with Gasteiger partial charge in [-0.15, -0.1) is 0 Å². The third-order valence-electron chi connectivity index (χ3n) is 4.40. The highest BCUT2D eigenvalue weighted by molar-refractivity contribution is 5.81. The molecule has 0 fully saturated rings. The van der Waals surface area contributed by atoms with Gasteiger partial charge in [0.25, 0.3) is 5.56 Å². The molecule has 6 nitrogen and oxygen atoms in total. The van der Waals surface area contributed by atoms with Crippen molar-refractivity contribution in [1.82, 2.24) is 9.13 Å². The number of methoxy groups -OCH3 is 1. The Hall–Kier alpha value is -2.68. The van der Waals surface area contributed by atoms with Crippen LogP contribution in [0.25, 0.3) is 5.69 Å². The van der Waals surface area contributed by atoms with Crippen LogP contribution in [0.1, 0.15) is 30.2 Å². The molecule has 1 aromatic carbocycles. The molecule has 0 radical (unpaired) electrons. The lowest BCUT2D eigenvalue weighted by Crippen LogP contribution is -2.42. The Kier molecular flexibility index (Phi) is 6.60. The molecule has 0 saturated heterocycles. The van der Waals surface area contributed by atoms with E-state index in [-0.39, 0.29) is 48.7 Å². The van der Waals surface area contributed by atoms with Gasteiger partial charge in [-0.25, -0.2) is 4.79 Å². The molecule has 0 N–H and O–H groups in total. The van der Waals surface area contributed by atoms with Crippen LogP contribution in [0.5, 0.6) is 0 Å². The number of carbonyl (C=O) groups excluding carboxylic acids is 1. The summed E-state index contributed by atoms with van der Waals surface area (Å²) < 4.78 is 46.0. The second-order valence-corrected chi connectivity index (χ2v) is 6.24. The lowest BCUT2D eigenvalue weighted by atomic mass is 10.1. The zero-order valence-corrected chi connectivity index (χ0v) is 15.8. The summed E-state index contributed by atoms with van der Waals surface area (Å²) in [6.45, 7) is 3.23. The topological polar surface area (TPSA) is 70.3 Å². The number of halogens is 3. The molecule has 0 aliphatic heterocycles. The molecule has 1 heterocycles. The molecule has 0 aliphatic rings. The van der Waals surface area contributed by atoms with E-state index in [4.69, 9.17) is 4.74 Å². The third kappa shape index (κ3) is 4.41. The predicted octanol–water partition coefficient (Wildman–Crippen LogP) is 2.49. The average Bonchev–Trinajstić information content (AvgIpc) is 2.63. The van der Waals surface area contributed by atoms with Crippen molar-refractivity contribution in [3.05, 3.63) is 61.9 Å². The second kappa shape index (κ2) is 8.55. The highest BCUT2D eigenvalue weighted by atomic mass is 19.4. The van der Waals surface area contributed by atoms with Gasteiger partial charge in [0.05, 0.1) is 17.9 Å². The van der Waals surface area contributed by atoms with Crippen molar-refractivity contribution >= 4 is 5.78 Å². The van der Waals surface area contributed by atoms with Crippen molar-refractivity contribution in [3.63, 3.8) is 0 Å². The van der Waals surface area contributed by atoms with Gasteiger partial charge in [0.15, 0.2) is 0 Å². The van der Waals surface area contributed by atoms with E-state index in [1.807, 2.05) is 0 Å². The summed E-state index contributed by atoms with van der Waals surface area (Å²) in [7, 11) is 1.44. The van der Waals surface area contributed by atoms with E-state index in [0.29, 0.717) is 0 Å². The van der Waals surface area contributed by atoms with Crippen molar-refractivity contribution in [3.8, 4) is 5.69 Å². The first-order valence-electron chi connectivity index (χ1n) is 8.65. The fraction of sp³-hybridized carbons (Fsp3) is 0.421. The number of Topliss-reactive ketones (excluding diaryl/α,β-unsaturated/α-hetero) is 1. The molecule has 0 unspecified atom stereocenters. The Bertz CT molecular complexity index is 990. The maximum atomic E-state index is 13.1. The number of ketones is 1. The summed E-state index contributed by atoms with van der Waals surface area (Å²) >= 11 is 0. The van der Waals surface area contributed by atoms with E-state index in [9.17, 15) is 27.6 Å². The fourth-order valence-corrected chi connectivity index (χ4v) is 2.91. The molecular formula is C19H21F3N2O4. The van der Waals surface area contributed by atoms with E-state index in [2.05, 4.69) is 0 Å². The third-order valence-corrected chi connectivity index (χ3v) is 4.40. The van der Waals surface area contributed by atoms with Gasteiger partial charge < -0.3 is 4.74 Å². The number of ether oxygens (including phenoxy) is 1. The quantitative estimate of drug-likeness (QED) is 0.719. The molecule has 2 aromatic rings. The molecule has 152 valence electrons. The van der Waals surface area contributed by atoms with Crippen LogP contribution < -0.4 is 11.2 Å². The van der Waals surface area contributed by atoms with E-state index in [0.717, 1.165) is 21.3 Å². The Morgan fingerprint density at radius 2 is 1.89 bits per heavy atom. The Balaban J connectivity index is 2.69. The summed E-state index contributed by atoms with van der Waals surface area (Å²) in [5, 5.41) is 0. The fourth-order valence-electron chi connectivity index (χ4n) is 2.91. The molecule has 28 heavy (non-hydrogen) atoms. The lowest BCUT2D eigenvalue weighted by Gasteiger charge is -2.17. The first kappa shape index (κ1) is 21.6. The van der Waals surface area contributed by atoms with Crippen LogP contribution >= 0.6 is 0 Å². The number of rotatable bonds is 7. The zero-order valence-electron chi connectivity index (χ0n) is 15.8. The van der Waals surface area contributed by atoms with Crippen LogP contribution in [0.3, 0.4) is 0 Å². The number of alkyl halides is 3. The number of benzene rings is 1. The number of nitrogens with zero attached hydrogens (tertiary/aromatic N) is 2. The largest absolute Gasteiger partial charge is 0.416 e. The van der Waals surface area contributed by atoms with Gasteiger partial charge in [0, 0.05) is 37.8 Å². The Morgan fingerprint density at radius 3 is 2.46 bits per heavy atom. The highest BCUT2D eigenvalue weighted by Gasteiger charge is 2.31. The monoisotopic (exact) mass is 398 g/mol. The summed E-state index contributed by atoms with van der Waals surface area (Å²) in [6, 6.07) is 4.28. The minimum atomic E-state index is -4.58. The van der Waals surface area contributed by atoms with Crippen molar-refractivity contribution < 1.29 is 22.7 Å². The van der Waals surface area contributed by atoms with Gasteiger partial charge in [-0.3, -0.25) is 18.7 Å². The number of hydrogen-bond donors (Lipinski definition) is 0. The van der Waals surface area contributed by atoms with E-state index in [1.54, 1.807) is 6.92 Å². The van der Waals surface area contributed by atoms with Crippen LogP contribution in [0, 0.1) is 6.92 Å². The SMILES string of the molecule is CCn1c(=O)c(CC(=O)CCOC)c(C)n(-c2cccc(C(F)(F)F)c2)c1=O. The summed E-state index contributed by atoms with van der Waals surface area (Å²) in [5.41, 5.74) is -2.07. The van der Waals surface area contributed by atoms with Gasteiger partial charge in [0.1, 0.15) is 5.78 Å². The van der Waals surface area contributed by atoms with Crippen molar-refractivity contribution in [1.29, 1.82) is 0 Å². The van der Waals surface area contributed by atoms with Crippen LogP contribution in [-0.4, -0.2) is 28.6 Å². The number of carbonyl (C=O) groups is 1. The van der Waals surface area contributed by atoms with Crippen molar-refractivity contribution in [2.24, 2.45) is 0 Å². The molecule has 0 spiro atoms. The van der Waals surface area contributed by atoms with Crippen LogP contribution in [0.2, 0.25) is 0 Å². The molecule has 2 rings (SSSR count). The smallest absolute Gasteiger partial charge is 0.384 e. The van der Waals surface area contributed by atoms with Crippen LogP contribution in [-0.2, 0) is 28.7 Å². The van der Waals surface area contributed by atoms with Crippen LogP contribution in [0.15, 0.2) is 33.9 Å². The summed E-state index contributed by atoms with van der Waals surface area (Å²) in [4.78, 5) is 37.5. The standard InChI is InChI=1S/C19H21F3N2O4/c1-4-23-17(26)16(11-15(25)8-9-28-3)12(2)24(18(23)27)14-7-5-6-13(10-14)19(20,21)22/h5-7,10H,4,8-9,11H2,1-3H3. The van der Waals surface area contributed by atoms with Crippen LogP contribution in [0.4, 0.5) is 13.2 Å². The van der Waals surface area contributed by atoms with Gasteiger partial charge in [0.2, 0.25) is 0 Å². The molecule has 0 saturated carbocycles. The molecule has 9 heteroatoms. The molecule has 0 aliphatic carbocycles.